The van der Waals surface area contributed by atoms with Crippen LogP contribution in [0.25, 0.3) is 0 Å². The molecule has 0 saturated carbocycles. The molecule has 0 heterocycles. The highest BCUT2D eigenvalue weighted by Crippen LogP contribution is 2.06. The van der Waals surface area contributed by atoms with Gasteiger partial charge in [-0.25, -0.2) is 0 Å². The fourth-order valence-corrected chi connectivity index (χ4v) is 0.655. The minimum Gasteiger partial charge on any atom is -0.0821 e. The van der Waals surface area contributed by atoms with Crippen LogP contribution >= 0.6 is 31.9 Å². The molecule has 0 bridgehead atoms. The first-order valence-corrected chi connectivity index (χ1v) is 3.42. The zero-order valence-electron chi connectivity index (χ0n) is 3.41. The molecule has 0 aromatic carbocycles. The van der Waals surface area contributed by atoms with Crippen molar-refractivity contribution < 1.29 is 0 Å². The molecule has 0 amide bonds. The highest BCUT2D eigenvalue weighted by molar-refractivity contribution is 9.24. The molecule has 0 aliphatic heterocycles. The van der Waals surface area contributed by atoms with Crippen LogP contribution in [-0.2, 0) is 0 Å². The second-order valence-corrected chi connectivity index (χ2v) is 3.82. The fourth-order valence-electron chi connectivity index (χ4n) is 0.126. The van der Waals surface area contributed by atoms with Crippen molar-refractivity contribution in [2.75, 3.05) is 0 Å². The first-order chi connectivity index (χ1) is 2.77. The first-order valence-electron chi connectivity index (χ1n) is 1.59. The number of allylic oxidation sites excluding steroid dienone is 2. The number of alkyl halides is 2. The van der Waals surface area contributed by atoms with Gasteiger partial charge in [0.15, 0.2) is 0 Å². The number of rotatable bonds is 1. The molecule has 0 unspecified atom stereocenters. The van der Waals surface area contributed by atoms with E-state index in [9.17, 15) is 0 Å². The summed E-state index contributed by atoms with van der Waals surface area (Å²) in [4.78, 5) is 0. The Kier molecular flexibility index (Phi) is 4.33. The van der Waals surface area contributed by atoms with E-state index in [0.717, 1.165) is 0 Å². The predicted molar refractivity (Wildman–Crippen MR) is 35.1 cm³/mol. The second-order valence-electron chi connectivity index (χ2n) is 0.756. The Morgan fingerprint density at radius 1 is 1.67 bits per heavy atom. The summed E-state index contributed by atoms with van der Waals surface area (Å²) >= 11 is 6.42. The third kappa shape index (κ3) is 4.70. The van der Waals surface area contributed by atoms with Gasteiger partial charge in [-0.1, -0.05) is 37.9 Å². The standard InChI is InChI=1S/C4H5Br2/c1-2-3-4(5)6/h2,4H,1H3. The highest BCUT2D eigenvalue weighted by Gasteiger charge is 1.83. The third-order valence-electron chi connectivity index (χ3n) is 0.293. The monoisotopic (exact) mass is 211 g/mol. The smallest absolute Gasteiger partial charge is 0.0821 e. The molecule has 0 rings (SSSR count). The van der Waals surface area contributed by atoms with Gasteiger partial charge in [-0.2, -0.15) is 0 Å². The van der Waals surface area contributed by atoms with Gasteiger partial charge in [0.2, 0.25) is 0 Å². The van der Waals surface area contributed by atoms with Gasteiger partial charge in [0.1, 0.15) is 0 Å². The van der Waals surface area contributed by atoms with Gasteiger partial charge in [0, 0.05) is 0 Å². The molecule has 0 nitrogen and oxygen atoms in total. The summed E-state index contributed by atoms with van der Waals surface area (Å²) in [5.41, 5.74) is 0. The summed E-state index contributed by atoms with van der Waals surface area (Å²) in [7, 11) is 0. The van der Waals surface area contributed by atoms with Gasteiger partial charge < -0.3 is 0 Å². The molecule has 1 radical (unpaired) electrons. The van der Waals surface area contributed by atoms with Crippen LogP contribution in [0.2, 0.25) is 0 Å². The summed E-state index contributed by atoms with van der Waals surface area (Å²) < 4.78 is 0.218. The summed E-state index contributed by atoms with van der Waals surface area (Å²) in [6.45, 7) is 1.93. The van der Waals surface area contributed by atoms with Gasteiger partial charge in [-0.15, -0.1) is 0 Å². The summed E-state index contributed by atoms with van der Waals surface area (Å²) in [5, 5.41) is 0. The predicted octanol–water partition coefficient (Wildman–Crippen LogP) is 2.48. The molecule has 0 spiro atoms. The van der Waals surface area contributed by atoms with Crippen molar-refractivity contribution in [3.63, 3.8) is 0 Å². The molecule has 0 N–H and O–H groups in total. The zero-order chi connectivity index (χ0) is 4.99. The average Bonchev–Trinajstić information content (AvgIpc) is 1.35. The van der Waals surface area contributed by atoms with E-state index < -0.39 is 0 Å². The molecule has 0 aliphatic carbocycles. The van der Waals surface area contributed by atoms with E-state index in [4.69, 9.17) is 0 Å². The lowest BCUT2D eigenvalue weighted by Crippen LogP contribution is -1.70. The SMILES string of the molecule is CC=[C]C(Br)Br. The summed E-state index contributed by atoms with van der Waals surface area (Å²) in [5.74, 6) is 0. The Labute approximate surface area is 54.9 Å². The van der Waals surface area contributed by atoms with Crippen LogP contribution in [-0.4, -0.2) is 3.74 Å². The van der Waals surface area contributed by atoms with E-state index in [1.807, 2.05) is 13.0 Å². The molecular formula is C4H5Br2. The highest BCUT2D eigenvalue weighted by atomic mass is 79.9. The number of hydrogen-bond acceptors (Lipinski definition) is 0. The Balaban J connectivity index is 3.03. The van der Waals surface area contributed by atoms with Crippen LogP contribution < -0.4 is 0 Å². The van der Waals surface area contributed by atoms with Crippen LogP contribution in [0.3, 0.4) is 0 Å². The van der Waals surface area contributed by atoms with Crippen LogP contribution in [0.5, 0.6) is 0 Å². The van der Waals surface area contributed by atoms with Gasteiger partial charge in [0.25, 0.3) is 0 Å². The molecular weight excluding hydrogens is 208 g/mol. The molecule has 2 heteroatoms. The zero-order valence-corrected chi connectivity index (χ0v) is 6.58. The van der Waals surface area contributed by atoms with E-state index in [2.05, 4.69) is 37.9 Å². The second kappa shape index (κ2) is 3.88. The Hall–Kier alpha value is 0.700. The van der Waals surface area contributed by atoms with Crippen LogP contribution in [0.1, 0.15) is 6.92 Å². The summed E-state index contributed by atoms with van der Waals surface area (Å²) in [6.07, 6.45) is 4.77. The molecule has 0 aliphatic rings. The fraction of sp³-hybridized carbons (Fsp3) is 0.500. The van der Waals surface area contributed by atoms with E-state index >= 15 is 0 Å². The lowest BCUT2D eigenvalue weighted by atomic mass is 10.6. The Morgan fingerprint density at radius 2 is 2.17 bits per heavy atom. The molecule has 0 saturated heterocycles. The Bertz CT molecular complexity index is 47.5. The van der Waals surface area contributed by atoms with Gasteiger partial charge in [0.05, 0.1) is 3.74 Å². The average molecular weight is 213 g/mol. The molecule has 6 heavy (non-hydrogen) atoms. The van der Waals surface area contributed by atoms with E-state index in [-0.39, 0.29) is 3.74 Å². The molecule has 0 fully saturated rings. The molecule has 0 aromatic heterocycles. The normalized spacial score (nSPS) is 11.3. The number of hydrogen-bond donors (Lipinski definition) is 0. The minimum absolute atomic E-state index is 0.218. The van der Waals surface area contributed by atoms with E-state index in [0.29, 0.717) is 0 Å². The van der Waals surface area contributed by atoms with Crippen molar-refractivity contribution in [1.29, 1.82) is 0 Å². The summed E-state index contributed by atoms with van der Waals surface area (Å²) in [6, 6.07) is 0. The van der Waals surface area contributed by atoms with Crippen molar-refractivity contribution >= 4 is 31.9 Å². The minimum atomic E-state index is 0.218. The van der Waals surface area contributed by atoms with Crippen molar-refractivity contribution in [2.24, 2.45) is 0 Å². The quantitative estimate of drug-likeness (QED) is 0.586. The maximum absolute atomic E-state index is 3.21. The van der Waals surface area contributed by atoms with Crippen molar-refractivity contribution in [3.05, 3.63) is 12.2 Å². The third-order valence-corrected chi connectivity index (χ3v) is 0.821. The number of halogens is 2. The Morgan fingerprint density at radius 3 is 2.17 bits per heavy atom. The lowest BCUT2D eigenvalue weighted by Gasteiger charge is -1.80. The van der Waals surface area contributed by atoms with Crippen molar-refractivity contribution in [1.82, 2.24) is 0 Å². The van der Waals surface area contributed by atoms with Crippen LogP contribution in [0, 0.1) is 6.08 Å². The van der Waals surface area contributed by atoms with Crippen molar-refractivity contribution in [2.45, 2.75) is 10.7 Å². The molecule has 0 atom stereocenters. The lowest BCUT2D eigenvalue weighted by molar-refractivity contribution is 1.56. The van der Waals surface area contributed by atoms with Gasteiger partial charge in [-0.05, 0) is 13.0 Å². The largest absolute Gasteiger partial charge is 0.0946 e. The first kappa shape index (κ1) is 6.70. The van der Waals surface area contributed by atoms with Gasteiger partial charge >= 0.3 is 0 Å². The van der Waals surface area contributed by atoms with Crippen LogP contribution in [0.15, 0.2) is 6.08 Å². The van der Waals surface area contributed by atoms with Crippen molar-refractivity contribution in [3.8, 4) is 0 Å². The molecule has 0 aromatic rings. The van der Waals surface area contributed by atoms with Crippen LogP contribution in [0.4, 0.5) is 0 Å². The van der Waals surface area contributed by atoms with Gasteiger partial charge in [-0.3, -0.25) is 0 Å². The molecule has 35 valence electrons. The van der Waals surface area contributed by atoms with E-state index in [1.165, 1.54) is 0 Å². The maximum atomic E-state index is 3.21. The van der Waals surface area contributed by atoms with E-state index in [1.54, 1.807) is 0 Å². The maximum Gasteiger partial charge on any atom is 0.0946 e. The topological polar surface area (TPSA) is 0 Å².